The lowest BCUT2D eigenvalue weighted by Gasteiger charge is -2.24. The van der Waals surface area contributed by atoms with Crippen LogP contribution < -0.4 is 4.90 Å². The fourth-order valence-electron chi connectivity index (χ4n) is 3.67. The van der Waals surface area contributed by atoms with Gasteiger partial charge < -0.3 is 9.80 Å². The Labute approximate surface area is 199 Å². The number of hydrogen-bond acceptors (Lipinski definition) is 4. The summed E-state index contributed by atoms with van der Waals surface area (Å²) in [5, 5.41) is 9.40. The predicted octanol–water partition coefficient (Wildman–Crippen LogP) is 4.65. The highest BCUT2D eigenvalue weighted by Crippen LogP contribution is 2.36. The van der Waals surface area contributed by atoms with Gasteiger partial charge in [0.25, 0.3) is 11.8 Å². The van der Waals surface area contributed by atoms with Crippen molar-refractivity contribution in [1.29, 1.82) is 5.26 Å². The third kappa shape index (κ3) is 4.54. The third-order valence-electron chi connectivity index (χ3n) is 5.42. The van der Waals surface area contributed by atoms with Crippen molar-refractivity contribution in [2.24, 2.45) is 0 Å². The second kappa shape index (κ2) is 9.57. The van der Waals surface area contributed by atoms with Crippen molar-refractivity contribution in [3.8, 4) is 6.07 Å². The Kier molecular flexibility index (Phi) is 6.59. The van der Waals surface area contributed by atoms with Crippen LogP contribution in [0.4, 0.5) is 5.69 Å². The van der Waals surface area contributed by atoms with Gasteiger partial charge in [-0.1, -0.05) is 35.9 Å². The molecule has 0 unspecified atom stereocenters. The summed E-state index contributed by atoms with van der Waals surface area (Å²) < 4.78 is 13.5. The molecule has 33 heavy (non-hydrogen) atoms. The minimum absolute atomic E-state index is 0.216. The van der Waals surface area contributed by atoms with E-state index in [-0.39, 0.29) is 31.3 Å². The van der Waals surface area contributed by atoms with Gasteiger partial charge in [0, 0.05) is 24.2 Å². The van der Waals surface area contributed by atoms with Crippen molar-refractivity contribution in [3.05, 3.63) is 88.4 Å². The lowest BCUT2D eigenvalue weighted by atomic mass is 10.1. The molecule has 3 aromatic rings. The van der Waals surface area contributed by atoms with Gasteiger partial charge in [-0.3, -0.25) is 9.59 Å². The second-order valence-electron chi connectivity index (χ2n) is 7.60. The van der Waals surface area contributed by atoms with E-state index in [1.165, 1.54) is 4.90 Å². The minimum atomic E-state index is -1.60. The molecule has 0 saturated heterocycles. The average molecular weight is 478 g/mol. The van der Waals surface area contributed by atoms with Gasteiger partial charge >= 0.3 is 0 Å². The Morgan fingerprint density at radius 2 is 1.82 bits per heavy atom. The smallest absolute Gasteiger partial charge is 0.259 e. The molecule has 1 atom stereocenters. The lowest BCUT2D eigenvalue weighted by Crippen LogP contribution is -2.31. The van der Waals surface area contributed by atoms with E-state index in [0.29, 0.717) is 31.6 Å². The summed E-state index contributed by atoms with van der Waals surface area (Å²) in [6.07, 6.45) is 0.216. The topological polar surface area (TPSA) is 81.5 Å². The molecule has 2 amide bonds. The van der Waals surface area contributed by atoms with E-state index in [2.05, 4.69) is 0 Å². The van der Waals surface area contributed by atoms with Gasteiger partial charge in [-0.2, -0.15) is 5.26 Å². The molecule has 0 N–H and O–H groups in total. The van der Waals surface area contributed by atoms with Crippen LogP contribution in [-0.4, -0.2) is 34.5 Å². The van der Waals surface area contributed by atoms with Gasteiger partial charge in [0.2, 0.25) is 0 Å². The van der Waals surface area contributed by atoms with Crippen LogP contribution in [0, 0.1) is 11.3 Å². The summed E-state index contributed by atoms with van der Waals surface area (Å²) in [6.45, 7) is 0.508. The monoisotopic (exact) mass is 477 g/mol. The highest BCUT2D eigenvalue weighted by molar-refractivity contribution is 7.85. The van der Waals surface area contributed by atoms with Crippen molar-refractivity contribution in [2.45, 2.75) is 22.8 Å². The quantitative estimate of drug-likeness (QED) is 0.535. The first-order valence-corrected chi connectivity index (χ1v) is 11.8. The molecule has 3 aromatic carbocycles. The van der Waals surface area contributed by atoms with Gasteiger partial charge in [0.05, 0.1) is 50.9 Å². The third-order valence-corrected chi connectivity index (χ3v) is 7.17. The van der Waals surface area contributed by atoms with Crippen molar-refractivity contribution in [3.63, 3.8) is 0 Å². The lowest BCUT2D eigenvalue weighted by molar-refractivity contribution is 0.0797. The molecule has 1 heterocycles. The fourth-order valence-corrected chi connectivity index (χ4v) is 5.14. The molecule has 0 aliphatic carbocycles. The standard InChI is InChI=1S/C25H20ClN3O3S/c1-28(14-4-13-27)24(30)18-9-12-23-21(15-18)29(16-17-7-10-19(26)11-8-17)25(31)20-5-2-3-6-22(20)33(23)32/h2-3,5-12,15H,4,14,16H2,1H3/t33-/m1/s1. The maximum atomic E-state index is 13.6. The number of fused-ring (bicyclic) bond motifs is 2. The maximum absolute atomic E-state index is 13.6. The van der Waals surface area contributed by atoms with Crippen LogP contribution in [0.3, 0.4) is 0 Å². The molecule has 0 aromatic heterocycles. The summed E-state index contributed by atoms with van der Waals surface area (Å²) in [5.41, 5.74) is 1.97. The number of hydrogen-bond donors (Lipinski definition) is 0. The molecule has 0 fully saturated rings. The number of amides is 2. The average Bonchev–Trinajstić information content (AvgIpc) is 2.92. The highest BCUT2D eigenvalue weighted by atomic mass is 35.5. The van der Waals surface area contributed by atoms with Crippen LogP contribution in [0.25, 0.3) is 0 Å². The largest absolute Gasteiger partial charge is 0.341 e. The summed E-state index contributed by atoms with van der Waals surface area (Å²) in [4.78, 5) is 30.4. The SMILES string of the molecule is CN(CCC#N)C(=O)c1ccc2c(c1)N(Cc1ccc(Cl)cc1)C(=O)c1ccccc1[S@]2=O. The van der Waals surface area contributed by atoms with E-state index in [4.69, 9.17) is 16.9 Å². The van der Waals surface area contributed by atoms with E-state index in [1.807, 2.05) is 18.2 Å². The fraction of sp³-hybridized carbons (Fsp3) is 0.160. The Balaban J connectivity index is 1.83. The number of rotatable bonds is 5. The molecule has 6 nitrogen and oxygen atoms in total. The van der Waals surface area contributed by atoms with Gasteiger partial charge in [0.15, 0.2) is 0 Å². The number of benzene rings is 3. The first-order valence-electron chi connectivity index (χ1n) is 10.2. The number of carbonyl (C=O) groups excluding carboxylic acids is 2. The van der Waals surface area contributed by atoms with Gasteiger partial charge in [0.1, 0.15) is 0 Å². The molecular formula is C25H20ClN3O3S. The summed E-state index contributed by atoms with van der Waals surface area (Å²) in [6, 6.07) is 20.9. The Morgan fingerprint density at radius 1 is 1.09 bits per heavy atom. The molecule has 1 aliphatic heterocycles. The first kappa shape index (κ1) is 22.7. The van der Waals surface area contributed by atoms with E-state index in [0.717, 1.165) is 5.56 Å². The van der Waals surface area contributed by atoms with Crippen molar-refractivity contribution >= 4 is 39.9 Å². The molecule has 0 bridgehead atoms. The van der Waals surface area contributed by atoms with E-state index >= 15 is 0 Å². The Bertz CT molecular complexity index is 1300. The molecular weight excluding hydrogens is 458 g/mol. The molecule has 166 valence electrons. The predicted molar refractivity (Wildman–Crippen MR) is 127 cm³/mol. The number of nitriles is 1. The Hall–Kier alpha value is -3.47. The van der Waals surface area contributed by atoms with Crippen LogP contribution in [0.15, 0.2) is 76.5 Å². The van der Waals surface area contributed by atoms with E-state index in [9.17, 15) is 13.8 Å². The summed E-state index contributed by atoms with van der Waals surface area (Å²) in [5.74, 6) is -0.574. The van der Waals surface area contributed by atoms with Gasteiger partial charge in [-0.15, -0.1) is 0 Å². The molecule has 0 radical (unpaired) electrons. The zero-order valence-corrected chi connectivity index (χ0v) is 19.4. The second-order valence-corrected chi connectivity index (χ2v) is 9.45. The zero-order chi connectivity index (χ0) is 23.5. The van der Waals surface area contributed by atoms with Crippen LogP contribution in [-0.2, 0) is 17.3 Å². The Morgan fingerprint density at radius 3 is 2.55 bits per heavy atom. The first-order chi connectivity index (χ1) is 15.9. The summed E-state index contributed by atoms with van der Waals surface area (Å²) >= 11 is 6.01. The molecule has 0 spiro atoms. The number of carbonyl (C=O) groups is 2. The van der Waals surface area contributed by atoms with Crippen LogP contribution in [0.1, 0.15) is 32.7 Å². The normalized spacial score (nSPS) is 14.6. The number of halogens is 1. The van der Waals surface area contributed by atoms with Crippen molar-refractivity contribution in [2.75, 3.05) is 18.5 Å². The van der Waals surface area contributed by atoms with Crippen LogP contribution in [0.2, 0.25) is 5.02 Å². The van der Waals surface area contributed by atoms with Crippen molar-refractivity contribution < 1.29 is 13.8 Å². The van der Waals surface area contributed by atoms with Gasteiger partial charge in [-0.25, -0.2) is 4.21 Å². The zero-order valence-electron chi connectivity index (χ0n) is 17.8. The summed E-state index contributed by atoms with van der Waals surface area (Å²) in [7, 11) is 0.0219. The number of nitrogens with zero attached hydrogens (tertiary/aromatic N) is 3. The molecule has 0 saturated carbocycles. The highest BCUT2D eigenvalue weighted by Gasteiger charge is 2.31. The van der Waals surface area contributed by atoms with Gasteiger partial charge in [-0.05, 0) is 48.0 Å². The number of anilines is 1. The van der Waals surface area contributed by atoms with Crippen LogP contribution >= 0.6 is 11.6 Å². The molecule has 8 heteroatoms. The maximum Gasteiger partial charge on any atom is 0.259 e. The van der Waals surface area contributed by atoms with E-state index < -0.39 is 10.8 Å². The van der Waals surface area contributed by atoms with Crippen molar-refractivity contribution in [1.82, 2.24) is 4.90 Å². The molecule has 1 aliphatic rings. The van der Waals surface area contributed by atoms with E-state index in [1.54, 1.807) is 66.5 Å². The molecule has 4 rings (SSSR count). The van der Waals surface area contributed by atoms with Crippen LogP contribution in [0.5, 0.6) is 0 Å². The minimum Gasteiger partial charge on any atom is -0.341 e.